The van der Waals surface area contributed by atoms with E-state index in [0.717, 1.165) is 24.1 Å². The largest absolute Gasteiger partial charge is 0.393 e. The third-order valence-electron chi connectivity index (χ3n) is 5.62. The molecule has 4 rings (SSSR count). The fraction of sp³-hybridized carbons (Fsp3) is 0.409. The van der Waals surface area contributed by atoms with Gasteiger partial charge in [0.15, 0.2) is 5.96 Å². The van der Waals surface area contributed by atoms with Crippen LogP contribution < -0.4 is 16.0 Å². The van der Waals surface area contributed by atoms with E-state index in [2.05, 4.69) is 22.4 Å². The van der Waals surface area contributed by atoms with Gasteiger partial charge in [-0.05, 0) is 73.1 Å². The van der Waals surface area contributed by atoms with Crippen molar-refractivity contribution in [3.63, 3.8) is 0 Å². The third kappa shape index (κ3) is 4.28. The summed E-state index contributed by atoms with van der Waals surface area (Å²) < 4.78 is 14.5. The summed E-state index contributed by atoms with van der Waals surface area (Å²) in [7, 11) is 0. The molecule has 1 aliphatic heterocycles. The van der Waals surface area contributed by atoms with Crippen molar-refractivity contribution >= 4 is 17.3 Å². The summed E-state index contributed by atoms with van der Waals surface area (Å²) in [6.45, 7) is 1.67. The second-order valence-electron chi connectivity index (χ2n) is 7.67. The lowest BCUT2D eigenvalue weighted by Gasteiger charge is -2.31. The van der Waals surface area contributed by atoms with E-state index in [1.165, 1.54) is 23.6 Å². The van der Waals surface area contributed by atoms with Crippen LogP contribution >= 0.6 is 0 Å². The molecule has 0 atom stereocenters. The van der Waals surface area contributed by atoms with Gasteiger partial charge in [-0.1, -0.05) is 12.1 Å². The minimum Gasteiger partial charge on any atom is -0.393 e. The molecule has 5 nitrogen and oxygen atoms in total. The Balaban J connectivity index is 1.37. The zero-order chi connectivity index (χ0) is 19.5. The van der Waals surface area contributed by atoms with Crippen LogP contribution in [0.25, 0.3) is 0 Å². The number of fused-ring (bicyclic) bond motifs is 1. The van der Waals surface area contributed by atoms with Gasteiger partial charge in [-0.25, -0.2) is 9.38 Å². The Labute approximate surface area is 165 Å². The van der Waals surface area contributed by atoms with E-state index in [0.29, 0.717) is 44.1 Å². The van der Waals surface area contributed by atoms with Crippen LogP contribution in [-0.2, 0) is 19.4 Å². The average molecular weight is 382 g/mol. The van der Waals surface area contributed by atoms with Crippen molar-refractivity contribution in [2.75, 3.05) is 23.3 Å². The molecular weight excluding hydrogens is 355 g/mol. The average Bonchev–Trinajstić information content (AvgIpc) is 3.15. The molecule has 0 aromatic heterocycles. The first kappa shape index (κ1) is 18.7. The first-order valence-corrected chi connectivity index (χ1v) is 9.98. The van der Waals surface area contributed by atoms with Crippen LogP contribution in [0.5, 0.6) is 0 Å². The van der Waals surface area contributed by atoms with E-state index in [1.54, 1.807) is 6.07 Å². The first-order chi connectivity index (χ1) is 13.6. The number of aliphatic imine (C=N–C) groups is 1. The zero-order valence-electron chi connectivity index (χ0n) is 16.0. The Bertz CT molecular complexity index is 875. The minimum absolute atomic E-state index is 0.255. The Kier molecular flexibility index (Phi) is 5.48. The van der Waals surface area contributed by atoms with Gasteiger partial charge in [-0.2, -0.15) is 0 Å². The molecule has 4 N–H and O–H groups in total. The molecule has 0 unspecified atom stereocenters. The first-order valence-electron chi connectivity index (χ1n) is 9.98. The number of nitrogens with two attached hydrogens (primary N) is 1. The second kappa shape index (κ2) is 8.19. The summed E-state index contributed by atoms with van der Waals surface area (Å²) >= 11 is 0. The number of guanidine groups is 1. The summed E-state index contributed by atoms with van der Waals surface area (Å²) in [5.41, 5.74) is 11.1. The zero-order valence-corrected chi connectivity index (χ0v) is 16.0. The molecule has 0 spiro atoms. The van der Waals surface area contributed by atoms with E-state index >= 15 is 0 Å². The van der Waals surface area contributed by atoms with Crippen LogP contribution in [0.4, 0.5) is 15.8 Å². The summed E-state index contributed by atoms with van der Waals surface area (Å²) in [5, 5.41) is 12.7. The number of hydrogen-bond donors (Lipinski definition) is 3. The van der Waals surface area contributed by atoms with Crippen molar-refractivity contribution < 1.29 is 9.50 Å². The molecule has 0 amide bonds. The fourth-order valence-corrected chi connectivity index (χ4v) is 4.03. The van der Waals surface area contributed by atoms with Crippen molar-refractivity contribution in [2.45, 2.75) is 44.8 Å². The summed E-state index contributed by atoms with van der Waals surface area (Å²) in [5.74, 6) is 0.0710. The SMILES string of the molecule is NC(=NCc1ccc(N2CCC(O)CC2)c(F)c1)Nc1ccc2c(c1)CCC2. The predicted octanol–water partition coefficient (Wildman–Crippen LogP) is 3.20. The molecule has 6 heteroatoms. The second-order valence-corrected chi connectivity index (χ2v) is 7.67. The highest BCUT2D eigenvalue weighted by Gasteiger charge is 2.19. The molecule has 1 aliphatic carbocycles. The maximum atomic E-state index is 14.5. The molecule has 2 aromatic carbocycles. The quantitative estimate of drug-likeness (QED) is 0.561. The number of nitrogens with one attached hydrogen (secondary N) is 1. The van der Waals surface area contributed by atoms with Crippen LogP contribution in [0, 0.1) is 5.82 Å². The van der Waals surface area contributed by atoms with Crippen LogP contribution in [0.2, 0.25) is 0 Å². The molecule has 1 fully saturated rings. The maximum Gasteiger partial charge on any atom is 0.193 e. The number of halogens is 1. The van der Waals surface area contributed by atoms with E-state index in [9.17, 15) is 9.50 Å². The number of anilines is 2. The van der Waals surface area contributed by atoms with Crippen molar-refractivity contribution in [1.82, 2.24) is 0 Å². The lowest BCUT2D eigenvalue weighted by Crippen LogP contribution is -2.36. The maximum absolute atomic E-state index is 14.5. The standard InChI is InChI=1S/C22H27FN4O/c23-20-12-15(4-7-21(20)27-10-8-19(28)9-11-27)14-25-22(24)26-18-6-5-16-2-1-3-17(16)13-18/h4-7,12-13,19,28H,1-3,8-11,14H2,(H3,24,25,26). The van der Waals surface area contributed by atoms with Crippen LogP contribution in [0.3, 0.4) is 0 Å². The normalized spacial score (nSPS) is 17.6. The minimum atomic E-state index is -0.269. The number of aliphatic hydroxyl groups excluding tert-OH is 1. The molecule has 0 radical (unpaired) electrons. The van der Waals surface area contributed by atoms with Crippen LogP contribution in [-0.4, -0.2) is 30.3 Å². The van der Waals surface area contributed by atoms with Crippen molar-refractivity contribution in [3.8, 4) is 0 Å². The Morgan fingerprint density at radius 3 is 2.71 bits per heavy atom. The Morgan fingerprint density at radius 1 is 1.14 bits per heavy atom. The Hall–Kier alpha value is -2.60. The van der Waals surface area contributed by atoms with Crippen LogP contribution in [0.15, 0.2) is 41.4 Å². The van der Waals surface area contributed by atoms with E-state index in [-0.39, 0.29) is 11.9 Å². The fourth-order valence-electron chi connectivity index (χ4n) is 4.03. The monoisotopic (exact) mass is 382 g/mol. The number of hydrogen-bond acceptors (Lipinski definition) is 3. The molecule has 0 saturated carbocycles. The molecule has 0 bridgehead atoms. The smallest absolute Gasteiger partial charge is 0.193 e. The van der Waals surface area contributed by atoms with Crippen molar-refractivity contribution in [1.29, 1.82) is 0 Å². The Morgan fingerprint density at radius 2 is 1.93 bits per heavy atom. The van der Waals surface area contributed by atoms with Gasteiger partial charge in [0.25, 0.3) is 0 Å². The van der Waals surface area contributed by atoms with Gasteiger partial charge in [-0.15, -0.1) is 0 Å². The molecule has 1 saturated heterocycles. The summed E-state index contributed by atoms with van der Waals surface area (Å²) in [4.78, 5) is 6.33. The predicted molar refractivity (Wildman–Crippen MR) is 111 cm³/mol. The number of aliphatic hydroxyl groups is 1. The van der Waals surface area contributed by atoms with E-state index < -0.39 is 0 Å². The van der Waals surface area contributed by atoms with Gasteiger partial charge in [0, 0.05) is 18.8 Å². The van der Waals surface area contributed by atoms with Crippen LogP contribution in [0.1, 0.15) is 36.0 Å². The lowest BCUT2D eigenvalue weighted by atomic mass is 10.1. The number of piperidine rings is 1. The van der Waals surface area contributed by atoms with Gasteiger partial charge >= 0.3 is 0 Å². The number of aryl methyl sites for hydroxylation is 2. The topological polar surface area (TPSA) is 73.9 Å². The van der Waals surface area contributed by atoms with E-state index in [1.807, 2.05) is 17.0 Å². The highest BCUT2D eigenvalue weighted by atomic mass is 19.1. The lowest BCUT2D eigenvalue weighted by molar-refractivity contribution is 0.145. The van der Waals surface area contributed by atoms with Crippen molar-refractivity contribution in [2.24, 2.45) is 10.7 Å². The van der Waals surface area contributed by atoms with E-state index in [4.69, 9.17) is 5.73 Å². The third-order valence-corrected chi connectivity index (χ3v) is 5.62. The van der Waals surface area contributed by atoms with Gasteiger partial charge in [0.05, 0.1) is 18.3 Å². The van der Waals surface area contributed by atoms with Gasteiger partial charge in [-0.3, -0.25) is 0 Å². The van der Waals surface area contributed by atoms with Gasteiger partial charge in [0.1, 0.15) is 5.82 Å². The molecule has 2 aromatic rings. The summed E-state index contributed by atoms with van der Waals surface area (Å²) in [6, 6.07) is 11.5. The number of nitrogens with zero attached hydrogens (tertiary/aromatic N) is 2. The molecule has 2 aliphatic rings. The highest BCUT2D eigenvalue weighted by molar-refractivity contribution is 5.92. The van der Waals surface area contributed by atoms with Gasteiger partial charge in [0.2, 0.25) is 0 Å². The molecular formula is C22H27FN4O. The number of benzene rings is 2. The van der Waals surface area contributed by atoms with Gasteiger partial charge < -0.3 is 21.1 Å². The molecule has 148 valence electrons. The molecule has 28 heavy (non-hydrogen) atoms. The summed E-state index contributed by atoms with van der Waals surface area (Å²) in [6.07, 6.45) is 4.56. The molecule has 1 heterocycles. The number of rotatable bonds is 4. The van der Waals surface area contributed by atoms with Crippen molar-refractivity contribution in [3.05, 3.63) is 58.9 Å². The highest BCUT2D eigenvalue weighted by Crippen LogP contribution is 2.26.